The van der Waals surface area contributed by atoms with Crippen LogP contribution in [0.1, 0.15) is 38.1 Å². The van der Waals surface area contributed by atoms with Crippen LogP contribution in [-0.4, -0.2) is 28.6 Å². The molecule has 0 aromatic carbocycles. The summed E-state index contributed by atoms with van der Waals surface area (Å²) in [6.07, 6.45) is 1.53. The topological polar surface area (TPSA) is 64.1 Å². The molecule has 1 heterocycles. The van der Waals surface area contributed by atoms with E-state index in [1.54, 1.807) is 0 Å². The van der Waals surface area contributed by atoms with Crippen molar-refractivity contribution in [2.75, 3.05) is 12.4 Å². The molecule has 1 N–H and O–H groups in total. The van der Waals surface area contributed by atoms with E-state index < -0.39 is 5.54 Å². The Labute approximate surface area is 108 Å². The Morgan fingerprint density at radius 1 is 1.39 bits per heavy atom. The summed E-state index contributed by atoms with van der Waals surface area (Å²) in [4.78, 5) is 20.4. The Kier molecular flexibility index (Phi) is 4.64. The van der Waals surface area contributed by atoms with Crippen LogP contribution in [0, 0.1) is 13.8 Å². The number of hydrogen-bond acceptors (Lipinski definition) is 5. The van der Waals surface area contributed by atoms with Crippen LogP contribution in [0.2, 0.25) is 0 Å². The number of aromatic nitrogens is 2. The Hall–Kier alpha value is -1.65. The van der Waals surface area contributed by atoms with Gasteiger partial charge in [-0.2, -0.15) is 0 Å². The van der Waals surface area contributed by atoms with Crippen LogP contribution in [0.4, 0.5) is 5.95 Å². The van der Waals surface area contributed by atoms with Crippen molar-refractivity contribution in [1.82, 2.24) is 9.97 Å². The molecule has 1 atom stereocenters. The van der Waals surface area contributed by atoms with Gasteiger partial charge in [0, 0.05) is 11.4 Å². The van der Waals surface area contributed by atoms with Crippen LogP contribution in [-0.2, 0) is 9.53 Å². The molecule has 1 rings (SSSR count). The molecule has 0 saturated heterocycles. The lowest BCUT2D eigenvalue weighted by molar-refractivity contribution is -0.145. The second-order valence-corrected chi connectivity index (χ2v) is 4.67. The van der Waals surface area contributed by atoms with Crippen LogP contribution in [0.25, 0.3) is 0 Å². The quantitative estimate of drug-likeness (QED) is 0.813. The van der Waals surface area contributed by atoms with Crippen LogP contribution in [0.15, 0.2) is 6.07 Å². The van der Waals surface area contributed by atoms with E-state index in [-0.39, 0.29) is 5.97 Å². The number of rotatable bonds is 5. The minimum absolute atomic E-state index is 0.299. The molecule has 0 saturated carbocycles. The summed E-state index contributed by atoms with van der Waals surface area (Å²) < 4.78 is 4.84. The zero-order valence-corrected chi connectivity index (χ0v) is 11.7. The number of carbonyl (C=O) groups excluding carboxylic acids is 1. The van der Waals surface area contributed by atoms with Crippen molar-refractivity contribution in [2.24, 2.45) is 0 Å². The Morgan fingerprint density at radius 3 is 2.39 bits per heavy atom. The molecule has 5 heteroatoms. The van der Waals surface area contributed by atoms with Crippen molar-refractivity contribution in [1.29, 1.82) is 0 Å². The first-order valence-corrected chi connectivity index (χ1v) is 6.10. The molecule has 1 aromatic rings. The van der Waals surface area contributed by atoms with E-state index in [4.69, 9.17) is 4.74 Å². The number of carbonyl (C=O) groups is 1. The van der Waals surface area contributed by atoms with Gasteiger partial charge in [0.2, 0.25) is 5.95 Å². The van der Waals surface area contributed by atoms with E-state index in [1.807, 2.05) is 33.8 Å². The molecule has 0 aliphatic carbocycles. The first kappa shape index (κ1) is 14.4. The van der Waals surface area contributed by atoms with E-state index in [1.165, 1.54) is 7.11 Å². The number of ether oxygens (including phenoxy) is 1. The van der Waals surface area contributed by atoms with E-state index in [2.05, 4.69) is 15.3 Å². The first-order valence-electron chi connectivity index (χ1n) is 6.10. The number of anilines is 1. The largest absolute Gasteiger partial charge is 0.467 e. The number of nitrogens with zero attached hydrogens (tertiary/aromatic N) is 2. The van der Waals surface area contributed by atoms with Crippen molar-refractivity contribution < 1.29 is 9.53 Å². The smallest absolute Gasteiger partial charge is 0.331 e. The summed E-state index contributed by atoms with van der Waals surface area (Å²) in [6.45, 7) is 7.62. The summed E-state index contributed by atoms with van der Waals surface area (Å²) in [6, 6.07) is 1.89. The third-order valence-electron chi connectivity index (χ3n) is 2.76. The number of hydrogen-bond donors (Lipinski definition) is 1. The molecule has 18 heavy (non-hydrogen) atoms. The summed E-state index contributed by atoms with van der Waals surface area (Å²) in [5.41, 5.74) is 0.950. The van der Waals surface area contributed by atoms with Crippen molar-refractivity contribution in [3.63, 3.8) is 0 Å². The number of methoxy groups -OCH3 is 1. The maximum atomic E-state index is 11.9. The summed E-state index contributed by atoms with van der Waals surface area (Å²) in [7, 11) is 1.39. The summed E-state index contributed by atoms with van der Waals surface area (Å²) in [5, 5.41) is 3.09. The fraction of sp³-hybridized carbons (Fsp3) is 0.615. The highest BCUT2D eigenvalue weighted by atomic mass is 16.5. The van der Waals surface area contributed by atoms with Crippen LogP contribution in [0.5, 0.6) is 0 Å². The van der Waals surface area contributed by atoms with E-state index in [9.17, 15) is 4.79 Å². The molecule has 1 aromatic heterocycles. The molecule has 100 valence electrons. The van der Waals surface area contributed by atoms with Crippen LogP contribution < -0.4 is 5.32 Å². The fourth-order valence-electron chi connectivity index (χ4n) is 1.97. The molecular weight excluding hydrogens is 230 g/mol. The van der Waals surface area contributed by atoms with Gasteiger partial charge in [-0.25, -0.2) is 14.8 Å². The second kappa shape index (κ2) is 5.80. The van der Waals surface area contributed by atoms with Gasteiger partial charge >= 0.3 is 5.97 Å². The van der Waals surface area contributed by atoms with Crippen LogP contribution in [0.3, 0.4) is 0 Å². The summed E-state index contributed by atoms with van der Waals surface area (Å²) >= 11 is 0. The maximum absolute atomic E-state index is 11.9. The molecule has 0 aliphatic rings. The molecule has 1 unspecified atom stereocenters. The molecule has 5 nitrogen and oxygen atoms in total. The molecule has 0 spiro atoms. The number of esters is 1. The zero-order valence-electron chi connectivity index (χ0n) is 11.7. The van der Waals surface area contributed by atoms with Gasteiger partial charge in [0.05, 0.1) is 7.11 Å². The normalized spacial score (nSPS) is 13.8. The third-order valence-corrected chi connectivity index (χ3v) is 2.76. The summed E-state index contributed by atoms with van der Waals surface area (Å²) in [5.74, 6) is 0.168. The lowest BCUT2D eigenvalue weighted by atomic mass is 9.96. The van der Waals surface area contributed by atoms with E-state index in [0.717, 1.165) is 17.8 Å². The average Bonchev–Trinajstić information content (AvgIpc) is 2.26. The van der Waals surface area contributed by atoms with Gasteiger partial charge in [-0.1, -0.05) is 13.3 Å². The average molecular weight is 251 g/mol. The van der Waals surface area contributed by atoms with Crippen molar-refractivity contribution in [2.45, 2.75) is 46.1 Å². The minimum Gasteiger partial charge on any atom is -0.467 e. The lowest BCUT2D eigenvalue weighted by Crippen LogP contribution is -2.44. The highest BCUT2D eigenvalue weighted by Gasteiger charge is 2.34. The van der Waals surface area contributed by atoms with Gasteiger partial charge < -0.3 is 10.1 Å². The second-order valence-electron chi connectivity index (χ2n) is 4.67. The van der Waals surface area contributed by atoms with Gasteiger partial charge in [-0.15, -0.1) is 0 Å². The predicted octanol–water partition coefficient (Wildman–Crippen LogP) is 2.24. The van der Waals surface area contributed by atoms with Gasteiger partial charge in [0.1, 0.15) is 5.54 Å². The highest BCUT2D eigenvalue weighted by Crippen LogP contribution is 2.19. The number of nitrogens with one attached hydrogen (secondary N) is 1. The molecule has 0 aliphatic heterocycles. The Morgan fingerprint density at radius 2 is 1.94 bits per heavy atom. The van der Waals surface area contributed by atoms with Crippen molar-refractivity contribution in [3.8, 4) is 0 Å². The zero-order chi connectivity index (χ0) is 13.8. The third kappa shape index (κ3) is 3.42. The van der Waals surface area contributed by atoms with Gasteiger partial charge in [-0.3, -0.25) is 0 Å². The van der Waals surface area contributed by atoms with Crippen LogP contribution >= 0.6 is 0 Å². The van der Waals surface area contributed by atoms with Gasteiger partial charge in [0.25, 0.3) is 0 Å². The maximum Gasteiger partial charge on any atom is 0.331 e. The first-order chi connectivity index (χ1) is 8.41. The van der Waals surface area contributed by atoms with Gasteiger partial charge in [0.15, 0.2) is 0 Å². The van der Waals surface area contributed by atoms with Gasteiger partial charge in [-0.05, 0) is 33.3 Å². The molecular formula is C13H21N3O2. The highest BCUT2D eigenvalue weighted by molar-refractivity contribution is 5.83. The Bertz CT molecular complexity index is 414. The van der Waals surface area contributed by atoms with Crippen molar-refractivity contribution in [3.05, 3.63) is 17.5 Å². The van der Waals surface area contributed by atoms with Crippen molar-refractivity contribution >= 4 is 11.9 Å². The molecule has 0 radical (unpaired) electrons. The monoisotopic (exact) mass is 251 g/mol. The molecule has 0 fully saturated rings. The predicted molar refractivity (Wildman–Crippen MR) is 70.5 cm³/mol. The van der Waals surface area contributed by atoms with E-state index in [0.29, 0.717) is 12.4 Å². The standard InChI is InChI=1S/C13H21N3O2/c1-6-7-13(4,11(17)18-5)16-12-14-9(2)8-10(3)15-12/h8H,6-7H2,1-5H3,(H,14,15,16). The SMILES string of the molecule is CCCC(C)(Nc1nc(C)cc(C)n1)C(=O)OC. The minimum atomic E-state index is -0.788. The lowest BCUT2D eigenvalue weighted by Gasteiger charge is -2.27. The number of aryl methyl sites for hydroxylation is 2. The Balaban J connectivity index is 2.99. The molecule has 0 bridgehead atoms. The fourth-order valence-corrected chi connectivity index (χ4v) is 1.97. The van der Waals surface area contributed by atoms with E-state index >= 15 is 0 Å². The molecule has 0 amide bonds.